The van der Waals surface area contributed by atoms with E-state index in [1.807, 2.05) is 0 Å². The maximum atomic E-state index is 11.0. The quantitative estimate of drug-likeness (QED) is 0.550. The highest BCUT2D eigenvalue weighted by Crippen LogP contribution is 2.29. The molecule has 0 unspecified atom stereocenters. The third-order valence-electron chi connectivity index (χ3n) is 1.86. The van der Waals surface area contributed by atoms with E-state index < -0.39 is 0 Å². The molecule has 0 saturated heterocycles. The van der Waals surface area contributed by atoms with Gasteiger partial charge in [0.15, 0.2) is 0 Å². The first-order valence-corrected chi connectivity index (χ1v) is 3.74. The Kier molecular flexibility index (Phi) is 1.66. The number of hydrogen-bond donors (Lipinski definition) is 1. The van der Waals surface area contributed by atoms with Crippen LogP contribution in [0.4, 0.5) is 0 Å². The van der Waals surface area contributed by atoms with Gasteiger partial charge in [-0.05, 0) is 0 Å². The van der Waals surface area contributed by atoms with Gasteiger partial charge in [-0.2, -0.15) is 0 Å². The first-order chi connectivity index (χ1) is 6.69. The van der Waals surface area contributed by atoms with E-state index in [-0.39, 0.29) is 27.8 Å². The number of nitrogens with zero attached hydrogens (tertiary/aromatic N) is 2. The molecule has 7 heteroatoms. The lowest BCUT2D eigenvalue weighted by molar-refractivity contribution is -0.791. The number of methoxy groups -OCH3 is 2. The van der Waals surface area contributed by atoms with Crippen LogP contribution >= 0.6 is 0 Å². The molecule has 0 radical (unpaired) electrons. The Balaban J connectivity index is 2.77. The van der Waals surface area contributed by atoms with E-state index in [0.29, 0.717) is 4.73 Å². The Bertz CT molecular complexity index is 472. The molecule has 2 rings (SSSR count). The summed E-state index contributed by atoms with van der Waals surface area (Å²) < 4.78 is 15.0. The maximum absolute atomic E-state index is 11.0. The molecule has 0 bridgehead atoms. The lowest BCUT2D eigenvalue weighted by Crippen LogP contribution is -2.24. The number of fused-ring (bicyclic) bond motifs is 1. The van der Waals surface area contributed by atoms with Crippen molar-refractivity contribution >= 4 is 11.1 Å². The highest BCUT2D eigenvalue weighted by Gasteiger charge is 2.24. The van der Waals surface area contributed by atoms with Gasteiger partial charge in [0.25, 0.3) is 0 Å². The van der Waals surface area contributed by atoms with E-state index in [1.54, 1.807) is 0 Å². The zero-order valence-corrected chi connectivity index (χ0v) is 7.55. The van der Waals surface area contributed by atoms with Crippen molar-refractivity contribution in [3.05, 3.63) is 11.3 Å². The summed E-state index contributed by atoms with van der Waals surface area (Å²) in [5.74, 6) is 0.0449. The second kappa shape index (κ2) is 2.72. The number of rotatable bonds is 2. The smallest absolute Gasteiger partial charge is 0.456 e. The monoisotopic (exact) mass is 200 g/mol. The summed E-state index contributed by atoms with van der Waals surface area (Å²) in [7, 11) is 2.69. The van der Waals surface area contributed by atoms with Crippen LogP contribution in [-0.2, 0) is 0 Å². The average Bonchev–Trinajstić information content (AvgIpc) is 2.63. The molecule has 7 nitrogen and oxygen atoms in total. The van der Waals surface area contributed by atoms with Crippen LogP contribution in [0.1, 0.15) is 0 Å². The molecule has 0 amide bonds. The van der Waals surface area contributed by atoms with E-state index in [4.69, 9.17) is 14.0 Å². The molecule has 76 valence electrons. The van der Waals surface area contributed by atoms with Crippen LogP contribution in [-0.4, -0.2) is 24.2 Å². The fourth-order valence-corrected chi connectivity index (χ4v) is 1.26. The molecule has 0 saturated carbocycles. The standard InChI is InChI=1S/C7H8N2O5/c1-12-5-3-4-6(8(5)10)7(13-2)9(11)14-4/h3,10H,1-2H3. The largest absolute Gasteiger partial charge is 0.480 e. The predicted molar refractivity (Wildman–Crippen MR) is 43.5 cm³/mol. The van der Waals surface area contributed by atoms with Gasteiger partial charge in [-0.3, -0.25) is 5.21 Å². The molecule has 2 aromatic rings. The molecular weight excluding hydrogens is 192 g/mol. The minimum Gasteiger partial charge on any atom is -0.480 e. The predicted octanol–water partition coefficient (Wildman–Crippen LogP) is 0.122. The lowest BCUT2D eigenvalue weighted by atomic mass is 10.5. The summed E-state index contributed by atoms with van der Waals surface area (Å²) in [4.78, 5) is 0.177. The molecule has 0 fully saturated rings. The number of aromatic nitrogens is 2. The molecule has 0 spiro atoms. The Labute approximate surface area is 78.2 Å². The SMILES string of the molecule is COc1cc2o[n+]([O-])c(OC)c2n1O. The second-order valence-electron chi connectivity index (χ2n) is 2.57. The van der Waals surface area contributed by atoms with Crippen molar-refractivity contribution in [1.82, 2.24) is 4.73 Å². The molecule has 2 heterocycles. The minimum atomic E-state index is -0.120. The number of ether oxygens (including phenoxy) is 2. The molecule has 2 aromatic heterocycles. The molecule has 0 aromatic carbocycles. The first-order valence-electron chi connectivity index (χ1n) is 3.74. The number of hydrogen-bond acceptors (Lipinski definition) is 5. The highest BCUT2D eigenvalue weighted by atomic mass is 16.7. The van der Waals surface area contributed by atoms with Gasteiger partial charge in [0, 0.05) is 6.07 Å². The van der Waals surface area contributed by atoms with Crippen molar-refractivity contribution in [2.24, 2.45) is 0 Å². The summed E-state index contributed by atoms with van der Waals surface area (Å²) in [5, 5.41) is 20.6. The van der Waals surface area contributed by atoms with E-state index in [1.165, 1.54) is 20.3 Å². The fraction of sp³-hybridized carbons (Fsp3) is 0.286. The summed E-state index contributed by atoms with van der Waals surface area (Å²) >= 11 is 0. The molecule has 0 aliphatic heterocycles. The van der Waals surface area contributed by atoms with E-state index in [2.05, 4.69) is 0 Å². The molecule has 14 heavy (non-hydrogen) atoms. The van der Waals surface area contributed by atoms with E-state index in [0.717, 1.165) is 0 Å². The van der Waals surface area contributed by atoms with Crippen LogP contribution in [0.3, 0.4) is 0 Å². The van der Waals surface area contributed by atoms with Crippen molar-refractivity contribution in [2.45, 2.75) is 0 Å². The highest BCUT2D eigenvalue weighted by molar-refractivity contribution is 5.79. The molecule has 0 aliphatic rings. The van der Waals surface area contributed by atoms with Crippen LogP contribution in [0, 0.1) is 5.21 Å². The van der Waals surface area contributed by atoms with Crippen LogP contribution in [0.2, 0.25) is 0 Å². The average molecular weight is 200 g/mol. The van der Waals surface area contributed by atoms with Gasteiger partial charge < -0.3 is 19.2 Å². The summed E-state index contributed by atoms with van der Waals surface area (Å²) in [6.07, 6.45) is 0. The van der Waals surface area contributed by atoms with Crippen LogP contribution in [0.5, 0.6) is 11.8 Å². The van der Waals surface area contributed by atoms with Crippen molar-refractivity contribution < 1.29 is 24.1 Å². The Morgan fingerprint density at radius 3 is 2.79 bits per heavy atom. The normalized spacial score (nSPS) is 10.7. The fourth-order valence-electron chi connectivity index (χ4n) is 1.26. The van der Waals surface area contributed by atoms with Gasteiger partial charge in [0.05, 0.1) is 19.1 Å². The lowest BCUT2D eigenvalue weighted by Gasteiger charge is -1.98. The van der Waals surface area contributed by atoms with Gasteiger partial charge in [-0.25, -0.2) is 0 Å². The summed E-state index contributed by atoms with van der Waals surface area (Å²) in [5.41, 5.74) is 0.329. The van der Waals surface area contributed by atoms with Gasteiger partial charge in [0.1, 0.15) is 5.58 Å². The zero-order chi connectivity index (χ0) is 10.3. The zero-order valence-electron chi connectivity index (χ0n) is 7.55. The van der Waals surface area contributed by atoms with E-state index >= 15 is 0 Å². The van der Waals surface area contributed by atoms with Crippen molar-refractivity contribution in [2.75, 3.05) is 14.2 Å². The Morgan fingerprint density at radius 1 is 1.50 bits per heavy atom. The molecule has 0 aliphatic carbocycles. The summed E-state index contributed by atoms with van der Waals surface area (Å²) in [6.45, 7) is 0. The van der Waals surface area contributed by atoms with Crippen LogP contribution in [0.15, 0.2) is 10.6 Å². The van der Waals surface area contributed by atoms with E-state index in [9.17, 15) is 10.4 Å². The van der Waals surface area contributed by atoms with Gasteiger partial charge in [-0.1, -0.05) is 0 Å². The Morgan fingerprint density at radius 2 is 2.21 bits per heavy atom. The van der Waals surface area contributed by atoms with Crippen molar-refractivity contribution in [3.63, 3.8) is 0 Å². The molecule has 1 N–H and O–H groups in total. The third-order valence-corrected chi connectivity index (χ3v) is 1.86. The maximum Gasteiger partial charge on any atom is 0.456 e. The molecular formula is C7H8N2O5. The molecule has 0 atom stereocenters. The Hall–Kier alpha value is -2.05. The van der Waals surface area contributed by atoms with Crippen molar-refractivity contribution in [1.29, 1.82) is 0 Å². The van der Waals surface area contributed by atoms with Gasteiger partial charge in [-0.15, -0.1) is 4.73 Å². The third kappa shape index (κ3) is 0.889. The topological polar surface area (TPSA) is 83.7 Å². The summed E-state index contributed by atoms with van der Waals surface area (Å²) in [6, 6.07) is 1.38. The van der Waals surface area contributed by atoms with Crippen LogP contribution < -0.4 is 14.4 Å². The minimum absolute atomic E-state index is 0.120. The van der Waals surface area contributed by atoms with Gasteiger partial charge >= 0.3 is 5.88 Å². The second-order valence-corrected chi connectivity index (χ2v) is 2.57. The van der Waals surface area contributed by atoms with Crippen molar-refractivity contribution in [3.8, 4) is 11.8 Å². The van der Waals surface area contributed by atoms with Crippen LogP contribution in [0.25, 0.3) is 11.1 Å². The van der Waals surface area contributed by atoms with Gasteiger partial charge in [0.2, 0.25) is 11.4 Å². The first kappa shape index (κ1) is 8.54.